The van der Waals surface area contributed by atoms with Crippen molar-refractivity contribution in [3.63, 3.8) is 0 Å². The van der Waals surface area contributed by atoms with Crippen molar-refractivity contribution >= 4 is 33.5 Å². The number of carbonyl (C=O) groups excluding carboxylic acids is 1. The molecule has 0 aliphatic rings. The Labute approximate surface area is 152 Å². The van der Waals surface area contributed by atoms with Crippen molar-refractivity contribution in [3.05, 3.63) is 70.7 Å². The third-order valence-corrected chi connectivity index (χ3v) is 4.79. The highest BCUT2D eigenvalue weighted by atomic mass is 32.1. The maximum Gasteiger partial charge on any atom is 0.416 e. The number of nitrogens with zero attached hydrogens (tertiary/aromatic N) is 2. The quantitative estimate of drug-likeness (QED) is 0.601. The number of aromatic nitrogens is 1. The highest BCUT2D eigenvalue weighted by Crippen LogP contribution is 2.32. The molecule has 0 bridgehead atoms. The summed E-state index contributed by atoms with van der Waals surface area (Å²) in [5, 5.41) is 0.670. The van der Waals surface area contributed by atoms with Gasteiger partial charge < -0.3 is 4.90 Å². The van der Waals surface area contributed by atoms with Crippen LogP contribution in [0.1, 0.15) is 16.1 Å². The Morgan fingerprint density at radius 1 is 1.15 bits per heavy atom. The molecule has 3 nitrogen and oxygen atoms in total. The lowest BCUT2D eigenvalue weighted by molar-refractivity contribution is -0.139. The number of benzene rings is 2. The van der Waals surface area contributed by atoms with Crippen molar-refractivity contribution in [1.82, 2.24) is 9.88 Å². The van der Waals surface area contributed by atoms with Crippen molar-refractivity contribution in [3.8, 4) is 0 Å². The number of halogens is 3. The smallest absolute Gasteiger partial charge is 0.338 e. The molecule has 0 atom stereocenters. The molecule has 1 amide bonds. The van der Waals surface area contributed by atoms with Crippen LogP contribution >= 0.6 is 11.3 Å². The Morgan fingerprint density at radius 3 is 2.58 bits per heavy atom. The van der Waals surface area contributed by atoms with Gasteiger partial charge >= 0.3 is 6.18 Å². The lowest BCUT2D eigenvalue weighted by atomic mass is 10.1. The van der Waals surface area contributed by atoms with Crippen molar-refractivity contribution in [2.45, 2.75) is 12.7 Å². The molecule has 3 rings (SSSR count). The van der Waals surface area contributed by atoms with E-state index in [9.17, 15) is 18.0 Å². The van der Waals surface area contributed by atoms with Crippen molar-refractivity contribution in [2.24, 2.45) is 0 Å². The molecule has 0 saturated carbocycles. The molecule has 0 fully saturated rings. The Kier molecular flexibility index (Phi) is 5.08. The second-order valence-electron chi connectivity index (χ2n) is 5.70. The van der Waals surface area contributed by atoms with E-state index in [4.69, 9.17) is 0 Å². The van der Waals surface area contributed by atoms with Gasteiger partial charge in [-0.1, -0.05) is 30.3 Å². The summed E-state index contributed by atoms with van der Waals surface area (Å²) in [5.41, 5.74) is 0.177. The number of alkyl halides is 3. The number of para-hydroxylation sites is 1. The van der Waals surface area contributed by atoms with Crippen molar-refractivity contribution in [1.29, 1.82) is 0 Å². The first-order valence-electron chi connectivity index (χ1n) is 7.78. The molecule has 0 saturated heterocycles. The highest BCUT2D eigenvalue weighted by Gasteiger charge is 2.33. The molecule has 0 unspecified atom stereocenters. The minimum Gasteiger partial charge on any atom is -0.338 e. The molecular formula is C19H15F3N2OS. The summed E-state index contributed by atoms with van der Waals surface area (Å²) in [7, 11) is 1.47. The highest BCUT2D eigenvalue weighted by molar-refractivity contribution is 7.19. The molecule has 1 aromatic heterocycles. The number of hydrogen-bond acceptors (Lipinski definition) is 3. The van der Waals surface area contributed by atoms with Gasteiger partial charge in [0.1, 0.15) is 5.01 Å². The van der Waals surface area contributed by atoms with E-state index in [-0.39, 0.29) is 18.0 Å². The maximum atomic E-state index is 13.0. The molecule has 0 N–H and O–H groups in total. The van der Waals surface area contributed by atoms with E-state index in [0.717, 1.165) is 16.3 Å². The van der Waals surface area contributed by atoms with Crippen LogP contribution in [0.4, 0.5) is 13.2 Å². The molecule has 134 valence electrons. The Morgan fingerprint density at radius 2 is 1.85 bits per heavy atom. The summed E-state index contributed by atoms with van der Waals surface area (Å²) in [5.74, 6) is -0.388. The first kappa shape index (κ1) is 18.1. The van der Waals surface area contributed by atoms with E-state index in [1.807, 2.05) is 24.3 Å². The summed E-state index contributed by atoms with van der Waals surface area (Å²) in [4.78, 5) is 17.9. The summed E-state index contributed by atoms with van der Waals surface area (Å²) < 4.78 is 40.1. The topological polar surface area (TPSA) is 33.2 Å². The van der Waals surface area contributed by atoms with Crippen LogP contribution in [0.5, 0.6) is 0 Å². The molecule has 0 spiro atoms. The van der Waals surface area contributed by atoms with Crippen molar-refractivity contribution in [2.75, 3.05) is 7.05 Å². The van der Waals surface area contributed by atoms with E-state index in [1.54, 1.807) is 6.08 Å². The fourth-order valence-electron chi connectivity index (χ4n) is 2.50. The molecule has 3 aromatic rings. The van der Waals surface area contributed by atoms with E-state index in [0.29, 0.717) is 5.01 Å². The molecule has 0 aliphatic carbocycles. The fourth-order valence-corrected chi connectivity index (χ4v) is 3.37. The van der Waals surface area contributed by atoms with Crippen LogP contribution in [0.2, 0.25) is 0 Å². The zero-order valence-electron chi connectivity index (χ0n) is 13.8. The molecule has 7 heteroatoms. The van der Waals surface area contributed by atoms with Gasteiger partial charge in [0, 0.05) is 19.7 Å². The van der Waals surface area contributed by atoms with Crippen LogP contribution in [-0.2, 0) is 17.5 Å². The average molecular weight is 376 g/mol. The predicted octanol–water partition coefficient (Wildman–Crippen LogP) is 4.99. The number of thiazole rings is 1. The number of amides is 1. The van der Waals surface area contributed by atoms with Gasteiger partial charge in [0.25, 0.3) is 0 Å². The predicted molar refractivity (Wildman–Crippen MR) is 96.6 cm³/mol. The van der Waals surface area contributed by atoms with Gasteiger partial charge in [0.15, 0.2) is 0 Å². The van der Waals surface area contributed by atoms with Gasteiger partial charge in [-0.2, -0.15) is 13.2 Å². The minimum absolute atomic E-state index is 0.0595. The SMILES string of the molecule is CN(Cc1ccccc1C(F)(F)F)C(=O)/C=C/c1nc2ccccc2s1. The summed E-state index contributed by atoms with van der Waals surface area (Å²) in [6.07, 6.45) is -1.54. The first-order chi connectivity index (χ1) is 12.3. The van der Waals surface area contributed by atoms with Crippen molar-refractivity contribution < 1.29 is 18.0 Å². The standard InChI is InChI=1S/C19H15F3N2OS/c1-24(12-13-6-2-3-7-14(13)19(20,21)22)18(25)11-10-17-23-15-8-4-5-9-16(15)26-17/h2-11H,12H2,1H3/b11-10+. The fraction of sp³-hybridized carbons (Fsp3) is 0.158. The lowest BCUT2D eigenvalue weighted by Gasteiger charge is -2.18. The van der Waals surface area contributed by atoms with Crippen LogP contribution < -0.4 is 0 Å². The third kappa shape index (κ3) is 4.11. The molecule has 0 aliphatic heterocycles. The largest absolute Gasteiger partial charge is 0.416 e. The van der Waals surface area contributed by atoms with Gasteiger partial charge in [-0.3, -0.25) is 4.79 Å². The van der Waals surface area contributed by atoms with Crippen LogP contribution in [0.3, 0.4) is 0 Å². The van der Waals surface area contributed by atoms with Crippen LogP contribution in [0.15, 0.2) is 54.6 Å². The zero-order chi connectivity index (χ0) is 18.7. The monoisotopic (exact) mass is 376 g/mol. The van der Waals surface area contributed by atoms with Crippen LogP contribution in [0.25, 0.3) is 16.3 Å². The second kappa shape index (κ2) is 7.29. The molecule has 26 heavy (non-hydrogen) atoms. The second-order valence-corrected chi connectivity index (χ2v) is 6.76. The Hall–Kier alpha value is -2.67. The first-order valence-corrected chi connectivity index (χ1v) is 8.60. The summed E-state index contributed by atoms with van der Waals surface area (Å²) in [6, 6.07) is 12.9. The zero-order valence-corrected chi connectivity index (χ0v) is 14.6. The number of likely N-dealkylation sites (N-methyl/N-ethyl adjacent to an activating group) is 1. The van der Waals surface area contributed by atoms with E-state index in [1.165, 1.54) is 47.6 Å². The number of fused-ring (bicyclic) bond motifs is 1. The van der Waals surface area contributed by atoms with Gasteiger partial charge in [0.05, 0.1) is 15.8 Å². The van der Waals surface area contributed by atoms with Gasteiger partial charge in [-0.25, -0.2) is 4.98 Å². The minimum atomic E-state index is -4.45. The molecule has 0 radical (unpaired) electrons. The average Bonchev–Trinajstić information content (AvgIpc) is 3.02. The number of rotatable bonds is 4. The third-order valence-electron chi connectivity index (χ3n) is 3.79. The maximum absolute atomic E-state index is 13.0. The van der Waals surface area contributed by atoms with Crippen LogP contribution in [0, 0.1) is 0 Å². The van der Waals surface area contributed by atoms with Gasteiger partial charge in [-0.05, 0) is 29.8 Å². The number of carbonyl (C=O) groups is 1. The molecular weight excluding hydrogens is 361 g/mol. The lowest BCUT2D eigenvalue weighted by Crippen LogP contribution is -2.25. The summed E-state index contributed by atoms with van der Waals surface area (Å²) >= 11 is 1.44. The van der Waals surface area contributed by atoms with Crippen LogP contribution in [-0.4, -0.2) is 22.8 Å². The van der Waals surface area contributed by atoms with E-state index < -0.39 is 11.7 Å². The normalized spacial score (nSPS) is 12.0. The Balaban J connectivity index is 1.72. The molecule has 1 heterocycles. The van der Waals surface area contributed by atoms with Gasteiger partial charge in [-0.15, -0.1) is 11.3 Å². The van der Waals surface area contributed by atoms with E-state index in [2.05, 4.69) is 4.98 Å². The van der Waals surface area contributed by atoms with Gasteiger partial charge in [0.2, 0.25) is 5.91 Å². The Bertz CT molecular complexity index is 930. The van der Waals surface area contributed by atoms with E-state index >= 15 is 0 Å². The number of hydrogen-bond donors (Lipinski definition) is 0. The molecule has 2 aromatic carbocycles. The summed E-state index contributed by atoms with van der Waals surface area (Å²) in [6.45, 7) is -0.126.